The number of ether oxygens (including phenoxy) is 1. The Balaban J connectivity index is 2.20. The first-order valence-corrected chi connectivity index (χ1v) is 6.62. The summed E-state index contributed by atoms with van der Waals surface area (Å²) in [4.78, 5) is 28.8. The van der Waals surface area contributed by atoms with Gasteiger partial charge in [0.15, 0.2) is 0 Å². The maximum absolute atomic E-state index is 12.5. The minimum atomic E-state index is -1.18. The SMILES string of the molecule is COCCN(Cc1ccco1)C(=O)c1cccc(C(=O)O)n1. The summed E-state index contributed by atoms with van der Waals surface area (Å²) in [6.07, 6.45) is 1.53. The molecule has 0 bridgehead atoms. The van der Waals surface area contributed by atoms with Crippen LogP contribution in [0.3, 0.4) is 0 Å². The topological polar surface area (TPSA) is 92.9 Å². The predicted octanol–water partition coefficient (Wildman–Crippen LogP) is 1.66. The van der Waals surface area contributed by atoms with Gasteiger partial charge < -0.3 is 19.2 Å². The van der Waals surface area contributed by atoms with Crippen LogP contribution in [-0.4, -0.2) is 47.1 Å². The van der Waals surface area contributed by atoms with Crippen molar-refractivity contribution in [3.05, 3.63) is 53.7 Å². The second-order valence-corrected chi connectivity index (χ2v) is 4.51. The van der Waals surface area contributed by atoms with Gasteiger partial charge in [-0.25, -0.2) is 9.78 Å². The number of carboxylic acids is 1. The van der Waals surface area contributed by atoms with Crippen LogP contribution in [0.4, 0.5) is 0 Å². The highest BCUT2D eigenvalue weighted by Gasteiger charge is 2.19. The van der Waals surface area contributed by atoms with Crippen LogP contribution in [0.15, 0.2) is 41.0 Å². The Labute approximate surface area is 127 Å². The molecule has 0 fully saturated rings. The first-order chi connectivity index (χ1) is 10.6. The van der Waals surface area contributed by atoms with Gasteiger partial charge in [-0.1, -0.05) is 6.07 Å². The second kappa shape index (κ2) is 7.37. The van der Waals surface area contributed by atoms with Gasteiger partial charge in [-0.15, -0.1) is 0 Å². The molecule has 2 heterocycles. The predicted molar refractivity (Wildman–Crippen MR) is 76.5 cm³/mol. The highest BCUT2D eigenvalue weighted by Crippen LogP contribution is 2.10. The van der Waals surface area contributed by atoms with Crippen molar-refractivity contribution in [3.8, 4) is 0 Å². The molecular formula is C15H16N2O5. The zero-order valence-corrected chi connectivity index (χ0v) is 12.1. The molecule has 0 unspecified atom stereocenters. The zero-order valence-electron chi connectivity index (χ0n) is 12.1. The molecule has 0 saturated heterocycles. The molecule has 0 atom stereocenters. The fourth-order valence-corrected chi connectivity index (χ4v) is 1.88. The lowest BCUT2D eigenvalue weighted by Crippen LogP contribution is -2.34. The van der Waals surface area contributed by atoms with Gasteiger partial charge in [0.25, 0.3) is 5.91 Å². The molecule has 2 aromatic heterocycles. The number of pyridine rings is 1. The van der Waals surface area contributed by atoms with Gasteiger partial charge in [0, 0.05) is 13.7 Å². The Morgan fingerprint density at radius 2 is 2.05 bits per heavy atom. The summed E-state index contributed by atoms with van der Waals surface area (Å²) in [6.45, 7) is 0.953. The molecular weight excluding hydrogens is 288 g/mol. The Kier molecular flexibility index (Phi) is 5.26. The lowest BCUT2D eigenvalue weighted by atomic mass is 10.2. The van der Waals surface area contributed by atoms with Crippen molar-refractivity contribution >= 4 is 11.9 Å². The Morgan fingerprint density at radius 3 is 2.68 bits per heavy atom. The Bertz CT molecular complexity index is 639. The van der Waals surface area contributed by atoms with Crippen molar-refractivity contribution in [2.24, 2.45) is 0 Å². The molecule has 22 heavy (non-hydrogen) atoms. The molecule has 7 heteroatoms. The quantitative estimate of drug-likeness (QED) is 0.836. The first-order valence-electron chi connectivity index (χ1n) is 6.62. The molecule has 116 valence electrons. The van der Waals surface area contributed by atoms with Crippen molar-refractivity contribution in [1.82, 2.24) is 9.88 Å². The molecule has 0 saturated carbocycles. The van der Waals surface area contributed by atoms with Crippen LogP contribution in [0, 0.1) is 0 Å². The van der Waals surface area contributed by atoms with E-state index < -0.39 is 5.97 Å². The number of hydrogen-bond acceptors (Lipinski definition) is 5. The lowest BCUT2D eigenvalue weighted by Gasteiger charge is -2.21. The van der Waals surface area contributed by atoms with E-state index in [1.54, 1.807) is 19.2 Å². The number of aromatic carboxylic acids is 1. The summed E-state index contributed by atoms with van der Waals surface area (Å²) in [5.41, 5.74) is -0.0990. The molecule has 0 aromatic carbocycles. The number of carboxylic acid groups (broad SMARTS) is 1. The molecule has 7 nitrogen and oxygen atoms in total. The van der Waals surface area contributed by atoms with Gasteiger partial charge in [0.1, 0.15) is 17.1 Å². The Hall–Kier alpha value is -2.67. The largest absolute Gasteiger partial charge is 0.477 e. The van der Waals surface area contributed by atoms with E-state index in [-0.39, 0.29) is 23.8 Å². The van der Waals surface area contributed by atoms with E-state index >= 15 is 0 Å². The van der Waals surface area contributed by atoms with Crippen molar-refractivity contribution in [3.63, 3.8) is 0 Å². The van der Waals surface area contributed by atoms with E-state index in [1.807, 2.05) is 0 Å². The summed E-state index contributed by atoms with van der Waals surface area (Å²) in [5.74, 6) is -0.931. The van der Waals surface area contributed by atoms with E-state index in [9.17, 15) is 9.59 Å². The molecule has 0 aliphatic carbocycles. The van der Waals surface area contributed by atoms with E-state index in [0.717, 1.165) is 0 Å². The van der Waals surface area contributed by atoms with E-state index in [2.05, 4.69) is 4.98 Å². The molecule has 0 aliphatic rings. The standard InChI is InChI=1S/C15H16N2O5/c1-21-9-7-17(10-11-4-3-8-22-11)14(18)12-5-2-6-13(16-12)15(19)20/h2-6,8H,7,9-10H2,1H3,(H,19,20). The van der Waals surface area contributed by atoms with Crippen molar-refractivity contribution in [1.29, 1.82) is 0 Å². The van der Waals surface area contributed by atoms with Gasteiger partial charge in [-0.3, -0.25) is 4.79 Å². The van der Waals surface area contributed by atoms with Gasteiger partial charge in [0.2, 0.25) is 0 Å². The molecule has 1 N–H and O–H groups in total. The summed E-state index contributed by atoms with van der Waals surface area (Å²) < 4.78 is 10.2. The number of hydrogen-bond donors (Lipinski definition) is 1. The summed E-state index contributed by atoms with van der Waals surface area (Å²) in [7, 11) is 1.54. The molecule has 0 aliphatic heterocycles. The Morgan fingerprint density at radius 1 is 1.27 bits per heavy atom. The number of aromatic nitrogens is 1. The average molecular weight is 304 g/mol. The minimum Gasteiger partial charge on any atom is -0.477 e. The normalized spacial score (nSPS) is 10.4. The maximum atomic E-state index is 12.5. The van der Waals surface area contributed by atoms with Crippen LogP contribution in [0.2, 0.25) is 0 Å². The fourth-order valence-electron chi connectivity index (χ4n) is 1.88. The van der Waals surface area contributed by atoms with E-state index in [4.69, 9.17) is 14.3 Å². The van der Waals surface area contributed by atoms with Crippen LogP contribution in [-0.2, 0) is 11.3 Å². The van der Waals surface area contributed by atoms with Gasteiger partial charge in [0.05, 0.1) is 19.4 Å². The van der Waals surface area contributed by atoms with Crippen LogP contribution < -0.4 is 0 Å². The minimum absolute atomic E-state index is 0.0718. The van der Waals surface area contributed by atoms with E-state index in [1.165, 1.54) is 29.4 Å². The van der Waals surface area contributed by atoms with Crippen LogP contribution in [0.5, 0.6) is 0 Å². The second-order valence-electron chi connectivity index (χ2n) is 4.51. The monoisotopic (exact) mass is 304 g/mol. The third-order valence-electron chi connectivity index (χ3n) is 2.97. The van der Waals surface area contributed by atoms with Gasteiger partial charge >= 0.3 is 5.97 Å². The summed E-state index contributed by atoms with van der Waals surface area (Å²) in [6, 6.07) is 7.80. The number of rotatable bonds is 7. The number of nitrogens with zero attached hydrogens (tertiary/aromatic N) is 2. The van der Waals surface area contributed by atoms with Gasteiger partial charge in [-0.05, 0) is 24.3 Å². The number of amides is 1. The van der Waals surface area contributed by atoms with Gasteiger partial charge in [-0.2, -0.15) is 0 Å². The van der Waals surface area contributed by atoms with Crippen molar-refractivity contribution < 1.29 is 23.8 Å². The average Bonchev–Trinajstić information content (AvgIpc) is 3.04. The van der Waals surface area contributed by atoms with E-state index in [0.29, 0.717) is 18.9 Å². The van der Waals surface area contributed by atoms with Crippen molar-refractivity contribution in [2.45, 2.75) is 6.54 Å². The first kappa shape index (κ1) is 15.7. The molecule has 2 aromatic rings. The van der Waals surface area contributed by atoms with Crippen LogP contribution >= 0.6 is 0 Å². The molecule has 1 amide bonds. The number of carbonyl (C=O) groups excluding carboxylic acids is 1. The number of carbonyl (C=O) groups is 2. The summed E-state index contributed by atoms with van der Waals surface area (Å²) in [5, 5.41) is 8.96. The molecule has 0 spiro atoms. The van der Waals surface area contributed by atoms with Crippen molar-refractivity contribution in [2.75, 3.05) is 20.3 Å². The van der Waals surface area contributed by atoms with Crippen LogP contribution in [0.25, 0.3) is 0 Å². The highest BCUT2D eigenvalue weighted by molar-refractivity contribution is 5.94. The zero-order chi connectivity index (χ0) is 15.9. The smallest absolute Gasteiger partial charge is 0.354 e. The summed E-state index contributed by atoms with van der Waals surface area (Å²) >= 11 is 0. The third kappa shape index (κ3) is 3.92. The van der Waals surface area contributed by atoms with Crippen LogP contribution in [0.1, 0.15) is 26.7 Å². The number of furan rings is 1. The fraction of sp³-hybridized carbons (Fsp3) is 0.267. The highest BCUT2D eigenvalue weighted by atomic mass is 16.5. The third-order valence-corrected chi connectivity index (χ3v) is 2.97. The number of methoxy groups -OCH3 is 1. The maximum Gasteiger partial charge on any atom is 0.354 e. The molecule has 2 rings (SSSR count). The molecule has 0 radical (unpaired) electrons. The lowest BCUT2D eigenvalue weighted by molar-refractivity contribution is 0.0658.